The summed E-state index contributed by atoms with van der Waals surface area (Å²) < 4.78 is 17.3. The Bertz CT molecular complexity index is 1560. The second-order valence-corrected chi connectivity index (χ2v) is 9.98. The highest BCUT2D eigenvalue weighted by atomic mass is 35.5. The summed E-state index contributed by atoms with van der Waals surface area (Å²) >= 11 is 6.53. The van der Waals surface area contributed by atoms with Crippen LogP contribution in [0.15, 0.2) is 67.5 Å². The van der Waals surface area contributed by atoms with Gasteiger partial charge in [-0.1, -0.05) is 24.2 Å². The summed E-state index contributed by atoms with van der Waals surface area (Å²) in [6.07, 6.45) is 2.95. The molecule has 2 aromatic heterocycles. The number of aryl methyl sites for hydroxylation is 1. The molecule has 212 valence electrons. The minimum Gasteiger partial charge on any atom is -0.490 e. The molecule has 0 bridgehead atoms. The lowest BCUT2D eigenvalue weighted by atomic mass is 10.1. The van der Waals surface area contributed by atoms with Crippen molar-refractivity contribution in [3.05, 3.63) is 83.9 Å². The minimum absolute atomic E-state index is 0.273. The highest BCUT2D eigenvalue weighted by molar-refractivity contribution is 6.32. The molecule has 1 aliphatic rings. The molecule has 0 unspecified atom stereocenters. The van der Waals surface area contributed by atoms with Gasteiger partial charge in [-0.05, 0) is 49.4 Å². The summed E-state index contributed by atoms with van der Waals surface area (Å²) in [5.41, 5.74) is 3.59. The van der Waals surface area contributed by atoms with Gasteiger partial charge in [-0.25, -0.2) is 9.97 Å². The van der Waals surface area contributed by atoms with Crippen LogP contribution in [-0.4, -0.2) is 65.2 Å². The molecule has 1 fully saturated rings. The summed E-state index contributed by atoms with van der Waals surface area (Å²) in [6.45, 7) is 8.74. The number of likely N-dealkylation sites (tertiary alicyclic amines) is 1. The monoisotopic (exact) mass is 574 g/mol. The van der Waals surface area contributed by atoms with E-state index in [1.54, 1.807) is 31.4 Å². The lowest BCUT2D eigenvalue weighted by Gasteiger charge is -2.37. The second kappa shape index (κ2) is 12.9. The molecule has 0 saturated carbocycles. The molecule has 1 saturated heterocycles. The van der Waals surface area contributed by atoms with Crippen LogP contribution >= 0.6 is 11.6 Å². The van der Waals surface area contributed by atoms with E-state index in [1.807, 2.05) is 31.2 Å². The molecule has 10 nitrogen and oxygen atoms in total. The van der Waals surface area contributed by atoms with Gasteiger partial charge >= 0.3 is 0 Å². The molecular formula is C30H31ClN6O4. The SMILES string of the molecule is C=CC(=O)Nc1cc2c(Nc3ccc(OCc4cccc(C)n4)c(Cl)c3)ncnc2cc1OCCN1CC(OC)C1. The Morgan fingerprint density at radius 1 is 1.15 bits per heavy atom. The number of carbonyl (C=O) groups excluding carboxylic acids is 1. The Morgan fingerprint density at radius 2 is 2.00 bits per heavy atom. The average Bonchev–Trinajstić information content (AvgIpc) is 2.94. The van der Waals surface area contributed by atoms with Gasteiger partial charge < -0.3 is 24.8 Å². The number of benzene rings is 2. The topological polar surface area (TPSA) is 111 Å². The fourth-order valence-electron chi connectivity index (χ4n) is 4.39. The summed E-state index contributed by atoms with van der Waals surface area (Å²) in [4.78, 5) is 27.7. The van der Waals surface area contributed by atoms with Crippen LogP contribution in [0.2, 0.25) is 5.02 Å². The molecular weight excluding hydrogens is 544 g/mol. The maximum Gasteiger partial charge on any atom is 0.247 e. The minimum atomic E-state index is -0.352. The van der Waals surface area contributed by atoms with E-state index in [9.17, 15) is 4.79 Å². The Morgan fingerprint density at radius 3 is 2.76 bits per heavy atom. The van der Waals surface area contributed by atoms with E-state index in [0.717, 1.165) is 31.0 Å². The lowest BCUT2D eigenvalue weighted by Crippen LogP contribution is -2.52. The van der Waals surface area contributed by atoms with Crippen molar-refractivity contribution in [1.29, 1.82) is 0 Å². The highest BCUT2D eigenvalue weighted by Gasteiger charge is 2.25. The molecule has 1 amide bonds. The van der Waals surface area contributed by atoms with Crippen molar-refractivity contribution >= 4 is 45.6 Å². The van der Waals surface area contributed by atoms with Crippen LogP contribution in [0.5, 0.6) is 11.5 Å². The molecule has 0 aliphatic carbocycles. The number of methoxy groups -OCH3 is 1. The zero-order valence-electron chi connectivity index (χ0n) is 22.9. The number of amides is 1. The van der Waals surface area contributed by atoms with E-state index in [-0.39, 0.29) is 12.0 Å². The first kappa shape index (κ1) is 28.3. The van der Waals surface area contributed by atoms with E-state index in [1.165, 1.54) is 12.4 Å². The van der Waals surface area contributed by atoms with Gasteiger partial charge in [0, 0.05) is 49.6 Å². The molecule has 3 heterocycles. The Labute approximate surface area is 243 Å². The first-order valence-electron chi connectivity index (χ1n) is 13.1. The van der Waals surface area contributed by atoms with E-state index >= 15 is 0 Å². The third-order valence-corrected chi connectivity index (χ3v) is 6.91. The largest absolute Gasteiger partial charge is 0.490 e. The van der Waals surface area contributed by atoms with E-state index in [2.05, 4.69) is 37.1 Å². The lowest BCUT2D eigenvalue weighted by molar-refractivity contribution is -0.111. The molecule has 41 heavy (non-hydrogen) atoms. The molecule has 1 aliphatic heterocycles. The number of nitrogens with zero attached hydrogens (tertiary/aromatic N) is 4. The second-order valence-electron chi connectivity index (χ2n) is 9.58. The van der Waals surface area contributed by atoms with Gasteiger partial charge in [-0.3, -0.25) is 14.7 Å². The van der Waals surface area contributed by atoms with Crippen molar-refractivity contribution in [3.63, 3.8) is 0 Å². The maximum absolute atomic E-state index is 12.2. The summed E-state index contributed by atoms with van der Waals surface area (Å²) in [5, 5.41) is 7.26. The molecule has 11 heteroatoms. The first-order valence-corrected chi connectivity index (χ1v) is 13.5. The highest BCUT2D eigenvalue weighted by Crippen LogP contribution is 2.35. The van der Waals surface area contributed by atoms with Crippen molar-refractivity contribution in [2.75, 3.05) is 44.0 Å². The van der Waals surface area contributed by atoms with Gasteiger partial charge in [0.05, 0.1) is 28.0 Å². The molecule has 0 atom stereocenters. The van der Waals surface area contributed by atoms with Crippen LogP contribution in [0, 0.1) is 6.92 Å². The van der Waals surface area contributed by atoms with Crippen LogP contribution in [0.1, 0.15) is 11.4 Å². The van der Waals surface area contributed by atoms with Crippen LogP contribution in [0.3, 0.4) is 0 Å². The molecule has 5 rings (SSSR count). The Balaban J connectivity index is 1.32. The number of ether oxygens (including phenoxy) is 3. The number of nitrogens with one attached hydrogen (secondary N) is 2. The number of aromatic nitrogens is 3. The van der Waals surface area contributed by atoms with Crippen molar-refractivity contribution in [2.24, 2.45) is 0 Å². The van der Waals surface area contributed by atoms with E-state index in [0.29, 0.717) is 57.8 Å². The molecule has 2 aromatic carbocycles. The summed E-state index contributed by atoms with van der Waals surface area (Å²) in [5.74, 6) is 1.24. The number of pyridine rings is 1. The normalized spacial score (nSPS) is 13.4. The molecule has 0 spiro atoms. The number of hydrogen-bond donors (Lipinski definition) is 2. The number of halogens is 1. The standard InChI is InChI=1S/C30H31ClN6O4/c1-4-29(38)36-26-13-23-25(14-28(26)40-11-10-37-15-22(16-37)39-3)32-18-33-30(23)35-20-8-9-27(24(31)12-20)41-17-21-7-5-6-19(2)34-21/h4-9,12-14,18,22H,1,10-11,15-17H2,2-3H3,(H,36,38)(H,32,33,35). The molecule has 2 N–H and O–H groups in total. The van der Waals surface area contributed by atoms with Gasteiger partial charge in [-0.15, -0.1) is 0 Å². The van der Waals surface area contributed by atoms with Crippen LogP contribution in [-0.2, 0) is 16.1 Å². The van der Waals surface area contributed by atoms with Crippen molar-refractivity contribution in [2.45, 2.75) is 19.6 Å². The maximum atomic E-state index is 12.2. The number of fused-ring (bicyclic) bond motifs is 1. The molecule has 0 radical (unpaired) electrons. The van der Waals surface area contributed by atoms with Gasteiger partial charge in [0.1, 0.15) is 36.9 Å². The van der Waals surface area contributed by atoms with Crippen molar-refractivity contribution < 1.29 is 19.0 Å². The third kappa shape index (κ3) is 7.10. The van der Waals surface area contributed by atoms with Gasteiger partial charge in [0.25, 0.3) is 0 Å². The number of carbonyl (C=O) groups is 1. The fourth-order valence-corrected chi connectivity index (χ4v) is 4.62. The summed E-state index contributed by atoms with van der Waals surface area (Å²) in [7, 11) is 1.72. The molecule has 4 aromatic rings. The number of hydrogen-bond acceptors (Lipinski definition) is 9. The predicted molar refractivity (Wildman–Crippen MR) is 159 cm³/mol. The zero-order valence-corrected chi connectivity index (χ0v) is 23.6. The first-order chi connectivity index (χ1) is 19.9. The third-order valence-electron chi connectivity index (χ3n) is 6.62. The smallest absolute Gasteiger partial charge is 0.247 e. The van der Waals surface area contributed by atoms with E-state index in [4.69, 9.17) is 25.8 Å². The van der Waals surface area contributed by atoms with Crippen molar-refractivity contribution in [3.8, 4) is 11.5 Å². The average molecular weight is 575 g/mol. The Kier molecular flexibility index (Phi) is 8.93. The Hall–Kier alpha value is -4.25. The van der Waals surface area contributed by atoms with Crippen LogP contribution in [0.25, 0.3) is 10.9 Å². The zero-order chi connectivity index (χ0) is 28.8. The van der Waals surface area contributed by atoms with Gasteiger partial charge in [0.15, 0.2) is 0 Å². The predicted octanol–water partition coefficient (Wildman–Crippen LogP) is 5.14. The quantitative estimate of drug-likeness (QED) is 0.222. The summed E-state index contributed by atoms with van der Waals surface area (Å²) in [6, 6.07) is 14.8. The van der Waals surface area contributed by atoms with E-state index < -0.39 is 0 Å². The van der Waals surface area contributed by atoms with Gasteiger partial charge in [-0.2, -0.15) is 0 Å². The number of anilines is 3. The fraction of sp³-hybridized carbons (Fsp3) is 0.267. The van der Waals surface area contributed by atoms with Crippen LogP contribution < -0.4 is 20.1 Å². The van der Waals surface area contributed by atoms with Gasteiger partial charge in [0.2, 0.25) is 5.91 Å². The number of rotatable bonds is 12. The van der Waals surface area contributed by atoms with Crippen molar-refractivity contribution in [1.82, 2.24) is 19.9 Å². The van der Waals surface area contributed by atoms with Crippen LogP contribution in [0.4, 0.5) is 17.2 Å².